The first kappa shape index (κ1) is 103. The molecule has 147 heavy (non-hydrogen) atoms. The Bertz CT molecular complexity index is 7820. The minimum absolute atomic E-state index is 1.26. The first-order chi connectivity index (χ1) is 72.1. The standard InChI is InChI=1S/6C19H16.2C13H12.C7H8/c1-15-7-5-10-17(13-15)19-12-6-11-18(14-19)16-8-3-2-4-9-16;1-15-8-7-11-17(14-15)19-13-6-5-12-18(19)16-9-3-2-4-10-16;1-15-6-5-9-19(14-15)18-12-10-17(11-13-18)16-7-3-2-4-8-16;1-15-11-13-17(14-12-15)19-10-6-5-9-18(19)16-7-3-2-4-8-16;1-15-10-12-17(13-11-15)19-9-5-8-18(14-19)16-6-3-2-4-7-16;1-15-7-9-17(10-8-15)19-13-11-18(12-14-19)16-5-3-2-4-6-16;1-11-6-5-9-13(10-11)12-7-3-2-4-8-12;1-11-7-9-13(10-8-11)12-5-3-2-4-6-12;1-7-5-3-2-4-6-7/h6*2-14H,1H3;2*2-10H,1H3;2-6H,1H3. The molecule has 0 radical (unpaired) electrons. The highest BCUT2D eigenvalue weighted by Crippen LogP contribution is 2.37. The van der Waals surface area contributed by atoms with E-state index in [0.29, 0.717) is 0 Å². The predicted molar refractivity (Wildman–Crippen MR) is 637 cm³/mol. The molecule has 23 aromatic rings. The summed E-state index contributed by atoms with van der Waals surface area (Å²) < 4.78 is 0. The van der Waals surface area contributed by atoms with Crippen molar-refractivity contribution in [1.82, 2.24) is 0 Å². The molecule has 23 rings (SSSR count). The van der Waals surface area contributed by atoms with E-state index in [1.807, 2.05) is 54.6 Å². The smallest absolute Gasteiger partial charge is 0.0105 e. The zero-order chi connectivity index (χ0) is 102. The third-order valence-corrected chi connectivity index (χ3v) is 25.3. The number of benzene rings is 23. The summed E-state index contributed by atoms with van der Waals surface area (Å²) >= 11 is 0. The van der Waals surface area contributed by atoms with Gasteiger partial charge in [-0.15, -0.1) is 0 Å². The lowest BCUT2D eigenvalue weighted by Crippen LogP contribution is -1.85. The monoisotopic (exact) mass is 1890 g/mol. The normalized spacial score (nSPS) is 10.2. The van der Waals surface area contributed by atoms with E-state index >= 15 is 0 Å². The fourth-order valence-corrected chi connectivity index (χ4v) is 17.3. The Morgan fingerprint density at radius 2 is 0.184 bits per heavy atom. The molecule has 0 aliphatic carbocycles. The van der Waals surface area contributed by atoms with Gasteiger partial charge in [-0.2, -0.15) is 0 Å². The Hall–Kier alpha value is -17.9. The molecule has 0 heteroatoms. The average molecular weight is 1890 g/mol. The highest BCUT2D eigenvalue weighted by Gasteiger charge is 2.12. The Labute approximate surface area is 874 Å². The fraction of sp³-hybridized carbons (Fsp3) is 0.0612. The molecule has 0 N–H and O–H groups in total. The number of hydrogen-bond donors (Lipinski definition) is 0. The Kier molecular flexibility index (Phi) is 38.6. The van der Waals surface area contributed by atoms with Crippen molar-refractivity contribution in [3.63, 3.8) is 0 Å². The summed E-state index contributed by atoms with van der Waals surface area (Å²) in [6.45, 7) is 19.0. The van der Waals surface area contributed by atoms with Gasteiger partial charge in [0.1, 0.15) is 0 Å². The lowest BCUT2D eigenvalue weighted by Gasteiger charge is -2.10. The highest BCUT2D eigenvalue weighted by molar-refractivity contribution is 5.86. The molecule has 0 saturated carbocycles. The molecule has 0 nitrogen and oxygen atoms in total. The van der Waals surface area contributed by atoms with Crippen LogP contribution in [0.25, 0.3) is 156 Å². The molecular weight excluding hydrogens is 1770 g/mol. The van der Waals surface area contributed by atoms with Crippen molar-refractivity contribution in [2.24, 2.45) is 0 Å². The quantitative estimate of drug-likeness (QED) is 0.102. The van der Waals surface area contributed by atoms with Crippen LogP contribution in [-0.4, -0.2) is 0 Å². The first-order valence-electron chi connectivity index (χ1n) is 50.7. The Morgan fingerprint density at radius 1 is 0.0680 bits per heavy atom. The van der Waals surface area contributed by atoms with Gasteiger partial charge in [-0.25, -0.2) is 0 Å². The van der Waals surface area contributed by atoms with Crippen LogP contribution in [0.4, 0.5) is 0 Å². The van der Waals surface area contributed by atoms with Crippen molar-refractivity contribution in [3.8, 4) is 156 Å². The zero-order valence-electron chi connectivity index (χ0n) is 85.8. The van der Waals surface area contributed by atoms with E-state index in [2.05, 4.69) is 620 Å². The molecule has 0 saturated heterocycles. The van der Waals surface area contributed by atoms with Crippen LogP contribution in [0.2, 0.25) is 0 Å². The second-order valence-corrected chi connectivity index (χ2v) is 36.9. The molecule has 23 aromatic carbocycles. The topological polar surface area (TPSA) is 0 Å². The fourth-order valence-electron chi connectivity index (χ4n) is 17.3. The van der Waals surface area contributed by atoms with Gasteiger partial charge in [-0.1, -0.05) is 651 Å². The minimum Gasteiger partial charge on any atom is -0.0622 e. The minimum atomic E-state index is 1.26. The molecule has 0 unspecified atom stereocenters. The summed E-state index contributed by atoms with van der Waals surface area (Å²) in [5.74, 6) is 0. The van der Waals surface area contributed by atoms with Crippen molar-refractivity contribution in [3.05, 3.63) is 663 Å². The summed E-state index contributed by atoms with van der Waals surface area (Å²) in [6.07, 6.45) is 0. The largest absolute Gasteiger partial charge is 0.0622 e. The van der Waals surface area contributed by atoms with E-state index in [0.717, 1.165) is 0 Å². The van der Waals surface area contributed by atoms with Crippen LogP contribution in [0.3, 0.4) is 0 Å². The number of hydrogen-bond acceptors (Lipinski definition) is 0. The third-order valence-electron chi connectivity index (χ3n) is 25.3. The summed E-state index contributed by atoms with van der Waals surface area (Å²) in [5.41, 5.74) is 47.3. The summed E-state index contributed by atoms with van der Waals surface area (Å²) in [5, 5.41) is 0. The van der Waals surface area contributed by atoms with Gasteiger partial charge in [0, 0.05) is 0 Å². The van der Waals surface area contributed by atoms with Crippen molar-refractivity contribution in [2.45, 2.75) is 62.3 Å². The lowest BCUT2D eigenvalue weighted by molar-refractivity contribution is 1.46. The molecule has 716 valence electrons. The van der Waals surface area contributed by atoms with Gasteiger partial charge < -0.3 is 0 Å². The molecule has 0 atom stereocenters. The summed E-state index contributed by atoms with van der Waals surface area (Å²) in [7, 11) is 0. The molecule has 0 bridgehead atoms. The van der Waals surface area contributed by atoms with Crippen molar-refractivity contribution < 1.29 is 0 Å². The van der Waals surface area contributed by atoms with Crippen LogP contribution in [0.5, 0.6) is 0 Å². The Balaban J connectivity index is 0.000000125. The van der Waals surface area contributed by atoms with Gasteiger partial charge in [0.2, 0.25) is 0 Å². The van der Waals surface area contributed by atoms with Crippen LogP contribution < -0.4 is 0 Å². The molecule has 0 aliphatic rings. The van der Waals surface area contributed by atoms with Gasteiger partial charge in [0.25, 0.3) is 0 Å². The van der Waals surface area contributed by atoms with E-state index in [-0.39, 0.29) is 0 Å². The molecule has 0 aliphatic heterocycles. The summed E-state index contributed by atoms with van der Waals surface area (Å²) in [4.78, 5) is 0. The highest BCUT2D eigenvalue weighted by atomic mass is 14.2. The molecule has 0 amide bonds. The van der Waals surface area contributed by atoms with E-state index in [1.54, 1.807) is 0 Å². The van der Waals surface area contributed by atoms with Crippen LogP contribution in [0, 0.1) is 62.3 Å². The average Bonchev–Trinajstić information content (AvgIpc) is 0.816. The number of rotatable bonds is 14. The second-order valence-electron chi connectivity index (χ2n) is 36.9. The van der Waals surface area contributed by atoms with Crippen LogP contribution in [0.1, 0.15) is 50.1 Å². The molecule has 0 fully saturated rings. The van der Waals surface area contributed by atoms with E-state index < -0.39 is 0 Å². The van der Waals surface area contributed by atoms with Gasteiger partial charge in [-0.3, -0.25) is 0 Å². The summed E-state index contributed by atoms with van der Waals surface area (Å²) in [6, 6.07) is 215. The maximum absolute atomic E-state index is 2.25. The van der Waals surface area contributed by atoms with Crippen LogP contribution >= 0.6 is 0 Å². The zero-order valence-corrected chi connectivity index (χ0v) is 85.8. The first-order valence-corrected chi connectivity index (χ1v) is 50.7. The van der Waals surface area contributed by atoms with Crippen LogP contribution in [-0.2, 0) is 0 Å². The number of aryl methyl sites for hydroxylation is 9. The van der Waals surface area contributed by atoms with E-state index in [4.69, 9.17) is 0 Å². The lowest BCUT2D eigenvalue weighted by atomic mass is 9.94. The SMILES string of the molecule is Cc1ccc(-c2ccc(-c3ccccc3)cc2)cc1.Cc1ccc(-c2cccc(-c3ccccc3)c2)cc1.Cc1ccc(-c2ccccc2)cc1.Cc1ccc(-c2ccccc2-c2ccccc2)cc1.Cc1cccc(-c2ccc(-c3ccccc3)cc2)c1.Cc1cccc(-c2cccc(-c3ccccc3)c2)c1.Cc1cccc(-c2ccccc2)c1.Cc1cccc(-c2ccccc2-c2ccccc2)c1.Cc1ccccc1. The van der Waals surface area contributed by atoms with Gasteiger partial charge in [0.15, 0.2) is 0 Å². The van der Waals surface area contributed by atoms with Crippen LogP contribution in [0.15, 0.2) is 613 Å². The van der Waals surface area contributed by atoms with Gasteiger partial charge in [0.05, 0.1) is 0 Å². The van der Waals surface area contributed by atoms with Gasteiger partial charge >= 0.3 is 0 Å². The van der Waals surface area contributed by atoms with Gasteiger partial charge in [-0.05, 0) is 230 Å². The third kappa shape index (κ3) is 32.0. The maximum Gasteiger partial charge on any atom is -0.0105 e. The van der Waals surface area contributed by atoms with Crippen molar-refractivity contribution in [1.29, 1.82) is 0 Å². The Morgan fingerprint density at radius 3 is 0.408 bits per heavy atom. The maximum atomic E-state index is 2.25. The van der Waals surface area contributed by atoms with E-state index in [1.165, 1.54) is 206 Å². The van der Waals surface area contributed by atoms with E-state index in [9.17, 15) is 0 Å². The van der Waals surface area contributed by atoms with Crippen molar-refractivity contribution >= 4 is 0 Å². The molecule has 0 aromatic heterocycles. The second kappa shape index (κ2) is 54.9. The molecule has 0 spiro atoms. The molecular formula is C147H128. The molecule has 0 heterocycles. The predicted octanol–water partition coefficient (Wildman–Crippen LogP) is 41.3. The van der Waals surface area contributed by atoms with Crippen molar-refractivity contribution in [2.75, 3.05) is 0 Å².